The summed E-state index contributed by atoms with van der Waals surface area (Å²) in [7, 11) is 0.972. The van der Waals surface area contributed by atoms with Crippen molar-refractivity contribution in [2.75, 3.05) is 7.11 Å². The summed E-state index contributed by atoms with van der Waals surface area (Å²) in [5.74, 6) is -2.34. The summed E-state index contributed by atoms with van der Waals surface area (Å²) >= 11 is 0. The molecule has 0 radical (unpaired) electrons. The molecule has 0 fully saturated rings. The van der Waals surface area contributed by atoms with Crippen LogP contribution in [0.25, 0.3) is 0 Å². The quantitative estimate of drug-likeness (QED) is 0.803. The van der Waals surface area contributed by atoms with Gasteiger partial charge in [-0.3, -0.25) is 4.98 Å². The van der Waals surface area contributed by atoms with E-state index in [1.807, 2.05) is 0 Å². The van der Waals surface area contributed by atoms with E-state index in [1.165, 1.54) is 0 Å². The summed E-state index contributed by atoms with van der Waals surface area (Å²) in [6, 6.07) is 0. The van der Waals surface area contributed by atoms with E-state index in [0.29, 0.717) is 0 Å². The van der Waals surface area contributed by atoms with Crippen LogP contribution < -0.4 is 5.73 Å². The number of nitrogens with two attached hydrogens (primary N) is 1. The maximum Gasteiger partial charge on any atom is 0.341 e. The second-order valence-corrected chi connectivity index (χ2v) is 2.85. The first-order valence-corrected chi connectivity index (χ1v) is 4.26. The molecule has 1 aromatic heterocycles. The highest BCUT2D eigenvalue weighted by atomic mass is 19.3. The zero-order valence-electron chi connectivity index (χ0n) is 8.34. The van der Waals surface area contributed by atoms with Crippen molar-refractivity contribution in [2.45, 2.75) is 13.0 Å². The van der Waals surface area contributed by atoms with Crippen LogP contribution >= 0.6 is 0 Å². The van der Waals surface area contributed by atoms with Crippen molar-refractivity contribution in [2.24, 2.45) is 5.73 Å². The minimum absolute atomic E-state index is 0.259. The van der Waals surface area contributed by atoms with Crippen LogP contribution in [-0.2, 0) is 11.3 Å². The van der Waals surface area contributed by atoms with Gasteiger partial charge in [0.25, 0.3) is 6.43 Å². The lowest BCUT2D eigenvalue weighted by Crippen LogP contribution is -2.14. The summed E-state index contributed by atoms with van der Waals surface area (Å²) in [6.45, 7) is -0.292. The first-order chi connectivity index (χ1) is 7.52. The monoisotopic (exact) mass is 234 g/mol. The predicted octanol–water partition coefficient (Wildman–Crippen LogP) is 1.40. The average Bonchev–Trinajstić information content (AvgIpc) is 2.27. The molecule has 0 aliphatic heterocycles. The fourth-order valence-electron chi connectivity index (χ4n) is 1.16. The maximum absolute atomic E-state index is 13.6. The van der Waals surface area contributed by atoms with E-state index in [9.17, 15) is 18.0 Å². The number of esters is 1. The summed E-state index contributed by atoms with van der Waals surface area (Å²) < 4.78 is 42.8. The van der Waals surface area contributed by atoms with Crippen molar-refractivity contribution in [3.63, 3.8) is 0 Å². The van der Waals surface area contributed by atoms with Crippen LogP contribution in [0.4, 0.5) is 13.2 Å². The van der Waals surface area contributed by atoms with Gasteiger partial charge in [-0.15, -0.1) is 0 Å². The molecule has 0 atom stereocenters. The average molecular weight is 234 g/mol. The molecule has 0 unspecified atom stereocenters. The molecule has 0 aliphatic carbocycles. The van der Waals surface area contributed by atoms with Gasteiger partial charge < -0.3 is 10.5 Å². The van der Waals surface area contributed by atoms with Crippen molar-refractivity contribution < 1.29 is 22.7 Å². The summed E-state index contributed by atoms with van der Waals surface area (Å²) in [6.07, 6.45) is -2.29. The van der Waals surface area contributed by atoms with Gasteiger partial charge in [0.1, 0.15) is 5.56 Å². The highest BCUT2D eigenvalue weighted by Gasteiger charge is 2.25. The van der Waals surface area contributed by atoms with Crippen LogP contribution in [0.1, 0.15) is 28.0 Å². The molecule has 0 aliphatic rings. The first-order valence-electron chi connectivity index (χ1n) is 4.26. The molecule has 1 heterocycles. The molecule has 0 amide bonds. The Kier molecular flexibility index (Phi) is 3.83. The minimum atomic E-state index is -3.01. The van der Waals surface area contributed by atoms with Crippen LogP contribution in [0, 0.1) is 5.82 Å². The molecule has 1 rings (SSSR count). The third-order valence-electron chi connectivity index (χ3n) is 1.94. The van der Waals surface area contributed by atoms with Crippen molar-refractivity contribution >= 4 is 5.97 Å². The van der Waals surface area contributed by atoms with Crippen LogP contribution in [0.15, 0.2) is 6.20 Å². The normalized spacial score (nSPS) is 10.6. The maximum atomic E-state index is 13.6. The molecule has 0 saturated heterocycles. The van der Waals surface area contributed by atoms with Crippen LogP contribution in [0.5, 0.6) is 0 Å². The van der Waals surface area contributed by atoms with Crippen LogP contribution in [-0.4, -0.2) is 18.1 Å². The summed E-state index contributed by atoms with van der Waals surface area (Å²) in [4.78, 5) is 14.6. The van der Waals surface area contributed by atoms with Gasteiger partial charge in [-0.25, -0.2) is 18.0 Å². The highest BCUT2D eigenvalue weighted by Crippen LogP contribution is 2.25. The minimum Gasteiger partial charge on any atom is -0.465 e. The van der Waals surface area contributed by atoms with E-state index in [0.717, 1.165) is 13.3 Å². The van der Waals surface area contributed by atoms with Gasteiger partial charge in [0.2, 0.25) is 0 Å². The molecule has 88 valence electrons. The number of pyridine rings is 1. The molecule has 0 saturated carbocycles. The number of rotatable bonds is 3. The summed E-state index contributed by atoms with van der Waals surface area (Å²) in [5.41, 5.74) is 3.27. The number of carbonyl (C=O) groups excluding carboxylic acids is 1. The number of methoxy groups -OCH3 is 1. The molecule has 16 heavy (non-hydrogen) atoms. The van der Waals surface area contributed by atoms with Gasteiger partial charge in [-0.2, -0.15) is 0 Å². The number of nitrogens with zero attached hydrogens (tertiary/aromatic N) is 1. The Morgan fingerprint density at radius 3 is 2.69 bits per heavy atom. The van der Waals surface area contributed by atoms with E-state index in [1.54, 1.807) is 0 Å². The zero-order chi connectivity index (χ0) is 12.3. The smallest absolute Gasteiger partial charge is 0.341 e. The lowest BCUT2D eigenvalue weighted by molar-refractivity contribution is 0.0582. The van der Waals surface area contributed by atoms with E-state index in [2.05, 4.69) is 9.72 Å². The second kappa shape index (κ2) is 4.93. The fraction of sp³-hybridized carbons (Fsp3) is 0.333. The van der Waals surface area contributed by atoms with Crippen LogP contribution in [0.3, 0.4) is 0 Å². The molecular formula is C9H9F3N2O2. The largest absolute Gasteiger partial charge is 0.465 e. The van der Waals surface area contributed by atoms with Crippen molar-refractivity contribution in [3.8, 4) is 0 Å². The number of carbonyl (C=O) groups is 1. The Morgan fingerprint density at radius 2 is 2.25 bits per heavy atom. The standard InChI is InChI=1S/C9H9F3N2O2/c1-16-9(15)6-4(8(11)12)3-14-5(2-13)7(6)10/h3,8H,2,13H2,1H3. The van der Waals surface area contributed by atoms with Gasteiger partial charge in [0.05, 0.1) is 18.4 Å². The van der Waals surface area contributed by atoms with Crippen molar-refractivity contribution in [1.29, 1.82) is 0 Å². The van der Waals surface area contributed by atoms with Crippen molar-refractivity contribution in [3.05, 3.63) is 28.8 Å². The number of ether oxygens (including phenoxy) is 1. The van der Waals surface area contributed by atoms with E-state index < -0.39 is 29.3 Å². The first kappa shape index (κ1) is 12.4. The fourth-order valence-corrected chi connectivity index (χ4v) is 1.16. The molecule has 4 nitrogen and oxygen atoms in total. The molecule has 0 aromatic carbocycles. The molecule has 7 heteroatoms. The third-order valence-corrected chi connectivity index (χ3v) is 1.94. The Morgan fingerprint density at radius 1 is 1.62 bits per heavy atom. The molecule has 0 bridgehead atoms. The zero-order valence-corrected chi connectivity index (χ0v) is 8.34. The second-order valence-electron chi connectivity index (χ2n) is 2.85. The number of alkyl halides is 2. The Bertz CT molecular complexity index is 410. The topological polar surface area (TPSA) is 65.2 Å². The van der Waals surface area contributed by atoms with Crippen molar-refractivity contribution in [1.82, 2.24) is 4.98 Å². The third kappa shape index (κ3) is 2.13. The van der Waals surface area contributed by atoms with Gasteiger partial charge in [0, 0.05) is 12.7 Å². The number of hydrogen-bond donors (Lipinski definition) is 1. The summed E-state index contributed by atoms with van der Waals surface area (Å²) in [5, 5.41) is 0. The Labute approximate surface area is 89.2 Å². The van der Waals surface area contributed by atoms with E-state index >= 15 is 0 Å². The lowest BCUT2D eigenvalue weighted by Gasteiger charge is -2.09. The molecule has 1 aromatic rings. The van der Waals surface area contributed by atoms with Crippen LogP contribution in [0.2, 0.25) is 0 Å². The Balaban J connectivity index is 3.42. The SMILES string of the molecule is COC(=O)c1c(C(F)F)cnc(CN)c1F. The van der Waals surface area contributed by atoms with E-state index in [-0.39, 0.29) is 12.2 Å². The molecule has 2 N–H and O–H groups in total. The van der Waals surface area contributed by atoms with Gasteiger partial charge >= 0.3 is 5.97 Å². The molecular weight excluding hydrogens is 225 g/mol. The highest BCUT2D eigenvalue weighted by molar-refractivity contribution is 5.91. The van der Waals surface area contributed by atoms with Gasteiger partial charge in [0.15, 0.2) is 5.82 Å². The molecule has 0 spiro atoms. The Hall–Kier alpha value is -1.63. The van der Waals surface area contributed by atoms with E-state index in [4.69, 9.17) is 5.73 Å². The van der Waals surface area contributed by atoms with Gasteiger partial charge in [-0.1, -0.05) is 0 Å². The number of hydrogen-bond acceptors (Lipinski definition) is 4. The number of aromatic nitrogens is 1. The number of halogens is 3. The lowest BCUT2D eigenvalue weighted by atomic mass is 10.1. The predicted molar refractivity (Wildman–Crippen MR) is 48.4 cm³/mol. The van der Waals surface area contributed by atoms with Gasteiger partial charge in [-0.05, 0) is 0 Å².